The predicted octanol–water partition coefficient (Wildman–Crippen LogP) is 3.59. The minimum atomic E-state index is -0.257. The molecule has 2 aromatic rings. The highest BCUT2D eigenvalue weighted by Crippen LogP contribution is 2.22. The van der Waals surface area contributed by atoms with Gasteiger partial charge in [-0.25, -0.2) is 0 Å². The largest absolute Gasteiger partial charge is 0.483 e. The minimum absolute atomic E-state index is 0.0757. The zero-order valence-electron chi connectivity index (χ0n) is 14.4. The first-order valence-electron chi connectivity index (χ1n) is 7.73. The molecule has 0 atom stereocenters. The van der Waals surface area contributed by atoms with Crippen LogP contribution in [0.25, 0.3) is 0 Å². The second kappa shape index (κ2) is 7.64. The summed E-state index contributed by atoms with van der Waals surface area (Å²) in [7, 11) is 0. The molecule has 2 aromatic carbocycles. The van der Waals surface area contributed by atoms with Gasteiger partial charge in [0.25, 0.3) is 5.91 Å². The zero-order valence-corrected chi connectivity index (χ0v) is 14.4. The van der Waals surface area contributed by atoms with Crippen molar-refractivity contribution in [3.63, 3.8) is 0 Å². The summed E-state index contributed by atoms with van der Waals surface area (Å²) in [6.45, 7) is 7.37. The second-order valence-corrected chi connectivity index (χ2v) is 5.80. The Hall–Kier alpha value is -2.82. The number of benzene rings is 2. The summed E-state index contributed by atoms with van der Waals surface area (Å²) in [5.41, 5.74) is 4.55. The van der Waals surface area contributed by atoms with Crippen LogP contribution in [0.1, 0.15) is 23.6 Å². The van der Waals surface area contributed by atoms with Gasteiger partial charge < -0.3 is 15.4 Å². The highest BCUT2D eigenvalue weighted by atomic mass is 16.5. The molecule has 5 nitrogen and oxygen atoms in total. The van der Waals surface area contributed by atoms with Gasteiger partial charge in [-0.05, 0) is 61.7 Å². The number of hydrogen-bond donors (Lipinski definition) is 2. The maximum atomic E-state index is 12.1. The summed E-state index contributed by atoms with van der Waals surface area (Å²) in [5.74, 6) is 0.292. The predicted molar refractivity (Wildman–Crippen MR) is 95.5 cm³/mol. The Morgan fingerprint density at radius 1 is 0.917 bits per heavy atom. The van der Waals surface area contributed by atoms with Crippen LogP contribution >= 0.6 is 0 Å². The number of ether oxygens (including phenoxy) is 1. The minimum Gasteiger partial charge on any atom is -0.483 e. The van der Waals surface area contributed by atoms with Crippen LogP contribution in [0.4, 0.5) is 11.4 Å². The molecule has 0 aliphatic heterocycles. The fourth-order valence-corrected chi connectivity index (χ4v) is 2.31. The van der Waals surface area contributed by atoms with E-state index in [0.29, 0.717) is 17.1 Å². The van der Waals surface area contributed by atoms with E-state index in [0.717, 1.165) is 11.1 Å². The number of hydrogen-bond acceptors (Lipinski definition) is 3. The quantitative estimate of drug-likeness (QED) is 0.882. The summed E-state index contributed by atoms with van der Waals surface area (Å²) in [4.78, 5) is 23.1. The van der Waals surface area contributed by atoms with E-state index in [-0.39, 0.29) is 18.4 Å². The zero-order chi connectivity index (χ0) is 17.7. The number of rotatable bonds is 5. The number of anilines is 2. The lowest BCUT2D eigenvalue weighted by atomic mass is 10.1. The number of aryl methyl sites for hydroxylation is 3. The van der Waals surface area contributed by atoms with E-state index in [1.807, 2.05) is 32.9 Å². The molecule has 0 fully saturated rings. The first-order chi connectivity index (χ1) is 11.3. The number of carbonyl (C=O) groups is 2. The van der Waals surface area contributed by atoms with Crippen molar-refractivity contribution in [3.8, 4) is 5.75 Å². The Labute approximate surface area is 142 Å². The molecule has 0 unspecified atom stereocenters. The van der Waals surface area contributed by atoms with Gasteiger partial charge in [0.1, 0.15) is 5.75 Å². The van der Waals surface area contributed by atoms with Gasteiger partial charge in [-0.1, -0.05) is 12.1 Å². The van der Waals surface area contributed by atoms with E-state index in [1.54, 1.807) is 24.3 Å². The van der Waals surface area contributed by atoms with Crippen molar-refractivity contribution in [2.24, 2.45) is 0 Å². The van der Waals surface area contributed by atoms with Gasteiger partial charge in [0, 0.05) is 18.3 Å². The van der Waals surface area contributed by atoms with Crippen molar-refractivity contribution in [1.29, 1.82) is 0 Å². The monoisotopic (exact) mass is 326 g/mol. The molecule has 0 saturated heterocycles. The van der Waals surface area contributed by atoms with E-state index in [4.69, 9.17) is 4.74 Å². The van der Waals surface area contributed by atoms with Crippen LogP contribution in [-0.2, 0) is 9.59 Å². The van der Waals surface area contributed by atoms with Crippen molar-refractivity contribution < 1.29 is 14.3 Å². The maximum absolute atomic E-state index is 12.1. The fourth-order valence-electron chi connectivity index (χ4n) is 2.31. The molecule has 0 aromatic heterocycles. The average Bonchev–Trinajstić information content (AvgIpc) is 2.49. The Morgan fingerprint density at radius 2 is 1.54 bits per heavy atom. The third-order valence-electron chi connectivity index (χ3n) is 3.62. The van der Waals surface area contributed by atoms with Gasteiger partial charge in [-0.15, -0.1) is 0 Å². The first-order valence-corrected chi connectivity index (χ1v) is 7.73. The fraction of sp³-hybridized carbons (Fsp3) is 0.263. The first kappa shape index (κ1) is 17.5. The van der Waals surface area contributed by atoms with E-state index in [2.05, 4.69) is 10.6 Å². The summed E-state index contributed by atoms with van der Waals surface area (Å²) in [6, 6.07) is 10.9. The van der Waals surface area contributed by atoms with Crippen LogP contribution in [0.3, 0.4) is 0 Å². The lowest BCUT2D eigenvalue weighted by Crippen LogP contribution is -2.20. The van der Waals surface area contributed by atoms with Gasteiger partial charge in [0.2, 0.25) is 5.91 Å². The van der Waals surface area contributed by atoms with Crippen molar-refractivity contribution >= 4 is 23.2 Å². The number of amides is 2. The molecule has 0 spiro atoms. The Balaban J connectivity index is 1.96. The van der Waals surface area contributed by atoms with E-state index >= 15 is 0 Å². The average molecular weight is 326 g/mol. The normalized spacial score (nSPS) is 10.2. The van der Waals surface area contributed by atoms with E-state index in [1.165, 1.54) is 12.5 Å². The van der Waals surface area contributed by atoms with Crippen molar-refractivity contribution in [2.75, 3.05) is 17.2 Å². The molecule has 2 rings (SSSR count). The van der Waals surface area contributed by atoms with Crippen LogP contribution in [-0.4, -0.2) is 18.4 Å². The molecule has 0 saturated carbocycles. The third kappa shape index (κ3) is 4.84. The molecule has 0 radical (unpaired) electrons. The molecule has 2 amide bonds. The molecular formula is C19H22N2O3. The van der Waals surface area contributed by atoms with Crippen molar-refractivity contribution in [2.45, 2.75) is 27.7 Å². The summed E-state index contributed by atoms with van der Waals surface area (Å²) in [6.07, 6.45) is 0. The van der Waals surface area contributed by atoms with Crippen LogP contribution in [0.15, 0.2) is 36.4 Å². The van der Waals surface area contributed by atoms with Crippen LogP contribution in [0.5, 0.6) is 5.75 Å². The van der Waals surface area contributed by atoms with E-state index in [9.17, 15) is 9.59 Å². The topological polar surface area (TPSA) is 67.4 Å². The molecule has 0 heterocycles. The van der Waals surface area contributed by atoms with Gasteiger partial charge >= 0.3 is 0 Å². The third-order valence-corrected chi connectivity index (χ3v) is 3.62. The molecule has 0 bridgehead atoms. The SMILES string of the molecule is CC(=O)Nc1cccc(NC(=O)COc2cc(C)c(C)cc2C)c1. The van der Waals surface area contributed by atoms with Gasteiger partial charge in [0.05, 0.1) is 0 Å². The van der Waals surface area contributed by atoms with Gasteiger partial charge in [0.15, 0.2) is 6.61 Å². The number of carbonyl (C=O) groups excluding carboxylic acids is 2. The summed E-state index contributed by atoms with van der Waals surface area (Å²) in [5, 5.41) is 5.43. The summed E-state index contributed by atoms with van der Waals surface area (Å²) >= 11 is 0. The van der Waals surface area contributed by atoms with Gasteiger partial charge in [-0.3, -0.25) is 9.59 Å². The van der Waals surface area contributed by atoms with E-state index < -0.39 is 0 Å². The molecule has 0 aliphatic carbocycles. The van der Waals surface area contributed by atoms with Crippen LogP contribution < -0.4 is 15.4 Å². The smallest absolute Gasteiger partial charge is 0.262 e. The lowest BCUT2D eigenvalue weighted by Gasteiger charge is -2.12. The van der Waals surface area contributed by atoms with Crippen molar-refractivity contribution in [1.82, 2.24) is 0 Å². The molecular weight excluding hydrogens is 304 g/mol. The molecule has 2 N–H and O–H groups in total. The molecule has 5 heteroatoms. The standard InChI is InChI=1S/C19H22N2O3/c1-12-8-14(3)18(9-13(12)2)24-11-19(23)21-17-7-5-6-16(10-17)20-15(4)22/h5-10H,11H2,1-4H3,(H,20,22)(H,21,23). The van der Waals surface area contributed by atoms with Gasteiger partial charge in [-0.2, -0.15) is 0 Å². The Bertz CT molecular complexity index is 769. The molecule has 126 valence electrons. The lowest BCUT2D eigenvalue weighted by molar-refractivity contribution is -0.118. The van der Waals surface area contributed by atoms with Crippen LogP contribution in [0.2, 0.25) is 0 Å². The highest BCUT2D eigenvalue weighted by molar-refractivity contribution is 5.94. The highest BCUT2D eigenvalue weighted by Gasteiger charge is 2.08. The maximum Gasteiger partial charge on any atom is 0.262 e. The Morgan fingerprint density at radius 3 is 2.21 bits per heavy atom. The Kier molecular flexibility index (Phi) is 5.58. The molecule has 0 aliphatic rings. The number of nitrogens with one attached hydrogen (secondary N) is 2. The second-order valence-electron chi connectivity index (χ2n) is 5.80. The molecule has 24 heavy (non-hydrogen) atoms. The van der Waals surface area contributed by atoms with Crippen molar-refractivity contribution in [3.05, 3.63) is 53.1 Å². The summed E-state index contributed by atoms with van der Waals surface area (Å²) < 4.78 is 5.62. The van der Waals surface area contributed by atoms with Crippen LogP contribution in [0, 0.1) is 20.8 Å².